The van der Waals surface area contributed by atoms with E-state index in [1.807, 2.05) is 0 Å². The Kier molecular flexibility index (Phi) is 3.34. The number of carbonyl (C=O) groups excluding carboxylic acids is 1. The van der Waals surface area contributed by atoms with Crippen molar-refractivity contribution in [3.8, 4) is 0 Å². The highest BCUT2D eigenvalue weighted by Gasteiger charge is 2.46. The number of isocyanates is 1. The van der Waals surface area contributed by atoms with Gasteiger partial charge in [-0.2, -0.15) is 18.2 Å². The molecule has 0 amide bonds. The fraction of sp³-hybridized carbons (Fsp3) is 0.417. The van der Waals surface area contributed by atoms with Crippen LogP contribution in [0.25, 0.3) is 0 Å². The molecule has 1 aromatic rings. The normalized spacial score (nSPS) is 17.8. The van der Waals surface area contributed by atoms with Crippen molar-refractivity contribution in [2.75, 3.05) is 0 Å². The molecule has 0 heterocycles. The summed E-state index contributed by atoms with van der Waals surface area (Å²) in [4.78, 5) is 14.1. The minimum Gasteiger partial charge on any atom is -0.211 e. The predicted molar refractivity (Wildman–Crippen MR) is 62.8 cm³/mol. The van der Waals surface area contributed by atoms with Gasteiger partial charge in [-0.05, 0) is 31.4 Å². The van der Waals surface area contributed by atoms with E-state index in [0.29, 0.717) is 17.3 Å². The van der Waals surface area contributed by atoms with Crippen LogP contribution in [0, 0.1) is 0 Å². The van der Waals surface area contributed by atoms with Crippen molar-refractivity contribution in [2.45, 2.75) is 31.0 Å². The zero-order valence-corrected chi connectivity index (χ0v) is 10.8. The Labute approximate surface area is 110 Å². The van der Waals surface area contributed by atoms with Crippen molar-refractivity contribution < 1.29 is 18.0 Å². The molecule has 0 aromatic heterocycles. The molecule has 1 aliphatic carbocycles. The van der Waals surface area contributed by atoms with Gasteiger partial charge < -0.3 is 0 Å². The van der Waals surface area contributed by atoms with Gasteiger partial charge in [-0.25, -0.2) is 4.79 Å². The molecular formula is C12H9BrF3NO. The molecule has 2 rings (SSSR count). The molecule has 0 radical (unpaired) electrons. The fourth-order valence-electron chi connectivity index (χ4n) is 2.25. The average Bonchev–Trinajstić information content (AvgIpc) is 2.22. The molecule has 1 aliphatic rings. The third kappa shape index (κ3) is 2.10. The molecular weight excluding hydrogens is 311 g/mol. The predicted octanol–water partition coefficient (Wildman–Crippen LogP) is 4.18. The van der Waals surface area contributed by atoms with E-state index in [-0.39, 0.29) is 5.56 Å². The van der Waals surface area contributed by atoms with E-state index in [9.17, 15) is 18.0 Å². The van der Waals surface area contributed by atoms with Crippen molar-refractivity contribution in [3.05, 3.63) is 33.8 Å². The highest BCUT2D eigenvalue weighted by Crippen LogP contribution is 2.51. The van der Waals surface area contributed by atoms with Crippen molar-refractivity contribution in [1.29, 1.82) is 0 Å². The van der Waals surface area contributed by atoms with E-state index in [1.54, 1.807) is 0 Å². The molecule has 1 saturated carbocycles. The molecule has 2 nitrogen and oxygen atoms in total. The average molecular weight is 320 g/mol. The van der Waals surface area contributed by atoms with E-state index in [1.165, 1.54) is 18.2 Å². The van der Waals surface area contributed by atoms with Crippen molar-refractivity contribution in [3.63, 3.8) is 0 Å². The first kappa shape index (κ1) is 13.3. The molecule has 1 aromatic carbocycles. The Morgan fingerprint density at radius 2 is 2.00 bits per heavy atom. The van der Waals surface area contributed by atoms with Gasteiger partial charge in [0.1, 0.15) is 0 Å². The van der Waals surface area contributed by atoms with Gasteiger partial charge in [0.15, 0.2) is 0 Å². The SMILES string of the molecule is O=C=NC1(c2c(Br)cccc2C(F)(F)F)CCC1. The van der Waals surface area contributed by atoms with E-state index < -0.39 is 17.3 Å². The molecule has 0 aliphatic heterocycles. The summed E-state index contributed by atoms with van der Waals surface area (Å²) >= 11 is 3.13. The van der Waals surface area contributed by atoms with E-state index >= 15 is 0 Å². The topological polar surface area (TPSA) is 29.4 Å². The van der Waals surface area contributed by atoms with Crippen molar-refractivity contribution >= 4 is 22.0 Å². The van der Waals surface area contributed by atoms with Crippen LogP contribution in [0.5, 0.6) is 0 Å². The minimum absolute atomic E-state index is 0.0482. The summed E-state index contributed by atoms with van der Waals surface area (Å²) in [7, 11) is 0. The lowest BCUT2D eigenvalue weighted by molar-refractivity contribution is -0.139. The molecule has 0 unspecified atom stereocenters. The minimum atomic E-state index is -4.46. The Balaban J connectivity index is 2.66. The second kappa shape index (κ2) is 4.52. The molecule has 0 bridgehead atoms. The van der Waals surface area contributed by atoms with E-state index in [2.05, 4.69) is 20.9 Å². The monoisotopic (exact) mass is 319 g/mol. The van der Waals surface area contributed by atoms with Crippen LogP contribution in [0.2, 0.25) is 0 Å². The van der Waals surface area contributed by atoms with Crippen LogP contribution in [0.3, 0.4) is 0 Å². The Morgan fingerprint density at radius 1 is 1.33 bits per heavy atom. The summed E-state index contributed by atoms with van der Waals surface area (Å²) in [6.07, 6.45) is -1.43. The number of alkyl halides is 3. The Morgan fingerprint density at radius 3 is 2.44 bits per heavy atom. The summed E-state index contributed by atoms with van der Waals surface area (Å²) in [6, 6.07) is 3.87. The fourth-order valence-corrected chi connectivity index (χ4v) is 2.99. The Hall–Kier alpha value is -1.13. The van der Waals surface area contributed by atoms with Crippen LogP contribution < -0.4 is 0 Å². The van der Waals surface area contributed by atoms with Crippen LogP contribution in [0.15, 0.2) is 27.7 Å². The smallest absolute Gasteiger partial charge is 0.211 e. The number of nitrogens with zero attached hydrogens (tertiary/aromatic N) is 1. The van der Waals surface area contributed by atoms with Crippen LogP contribution in [-0.2, 0) is 16.5 Å². The van der Waals surface area contributed by atoms with Gasteiger partial charge in [-0.3, -0.25) is 0 Å². The lowest BCUT2D eigenvalue weighted by Crippen LogP contribution is -2.34. The zero-order valence-electron chi connectivity index (χ0n) is 9.22. The summed E-state index contributed by atoms with van der Waals surface area (Å²) in [6.45, 7) is 0. The van der Waals surface area contributed by atoms with Crippen LogP contribution in [0.1, 0.15) is 30.4 Å². The maximum absolute atomic E-state index is 13.0. The quantitative estimate of drug-likeness (QED) is 0.594. The van der Waals surface area contributed by atoms with Crippen LogP contribution in [-0.4, -0.2) is 6.08 Å². The van der Waals surface area contributed by atoms with Crippen LogP contribution >= 0.6 is 15.9 Å². The van der Waals surface area contributed by atoms with Crippen LogP contribution in [0.4, 0.5) is 13.2 Å². The molecule has 1 fully saturated rings. The summed E-state index contributed by atoms with van der Waals surface area (Å²) < 4.78 is 39.3. The maximum atomic E-state index is 13.0. The summed E-state index contributed by atoms with van der Waals surface area (Å²) in [5.74, 6) is 0. The molecule has 6 heteroatoms. The van der Waals surface area contributed by atoms with Gasteiger partial charge in [0.25, 0.3) is 0 Å². The zero-order chi connectivity index (χ0) is 13.4. The van der Waals surface area contributed by atoms with E-state index in [0.717, 1.165) is 12.5 Å². The van der Waals surface area contributed by atoms with Gasteiger partial charge in [0.2, 0.25) is 6.08 Å². The third-order valence-electron chi connectivity index (χ3n) is 3.22. The van der Waals surface area contributed by atoms with E-state index in [4.69, 9.17) is 0 Å². The molecule has 0 N–H and O–H groups in total. The molecule has 96 valence electrons. The van der Waals surface area contributed by atoms with Gasteiger partial charge in [-0.1, -0.05) is 22.0 Å². The first-order valence-corrected chi connectivity index (χ1v) is 6.15. The number of benzene rings is 1. The van der Waals surface area contributed by atoms with Gasteiger partial charge >= 0.3 is 6.18 Å². The van der Waals surface area contributed by atoms with Crippen molar-refractivity contribution in [2.24, 2.45) is 4.99 Å². The Bertz CT molecular complexity index is 517. The standard InChI is InChI=1S/C12H9BrF3NO/c13-9-4-1-3-8(12(14,15)16)10(9)11(17-7-18)5-2-6-11/h1,3-4H,2,5-6H2. The summed E-state index contributed by atoms with van der Waals surface area (Å²) in [5.41, 5.74) is -1.75. The first-order valence-electron chi connectivity index (χ1n) is 5.36. The summed E-state index contributed by atoms with van der Waals surface area (Å²) in [5, 5.41) is 0. The largest absolute Gasteiger partial charge is 0.416 e. The number of aliphatic imine (C=N–C) groups is 1. The number of halogens is 4. The van der Waals surface area contributed by atoms with Gasteiger partial charge in [0.05, 0.1) is 11.1 Å². The number of hydrogen-bond acceptors (Lipinski definition) is 2. The molecule has 0 spiro atoms. The number of rotatable bonds is 2. The highest BCUT2D eigenvalue weighted by molar-refractivity contribution is 9.10. The third-order valence-corrected chi connectivity index (χ3v) is 3.89. The van der Waals surface area contributed by atoms with Gasteiger partial charge in [0, 0.05) is 10.0 Å². The maximum Gasteiger partial charge on any atom is 0.416 e. The van der Waals surface area contributed by atoms with Gasteiger partial charge in [-0.15, -0.1) is 0 Å². The molecule has 18 heavy (non-hydrogen) atoms. The molecule has 0 atom stereocenters. The second-order valence-corrected chi connectivity index (χ2v) is 5.10. The first-order chi connectivity index (χ1) is 8.41. The van der Waals surface area contributed by atoms with Crippen molar-refractivity contribution in [1.82, 2.24) is 0 Å². The lowest BCUT2D eigenvalue weighted by Gasteiger charge is -2.39. The lowest BCUT2D eigenvalue weighted by atomic mass is 9.71. The number of hydrogen-bond donors (Lipinski definition) is 0. The molecule has 0 saturated heterocycles. The highest BCUT2D eigenvalue weighted by atomic mass is 79.9. The second-order valence-electron chi connectivity index (χ2n) is 4.25.